The third-order valence-corrected chi connectivity index (χ3v) is 5.76. The van der Waals surface area contributed by atoms with E-state index in [-0.39, 0.29) is 37.5 Å². The highest BCUT2D eigenvalue weighted by molar-refractivity contribution is 5.83. The van der Waals surface area contributed by atoms with E-state index in [0.717, 1.165) is 12.8 Å². The van der Waals surface area contributed by atoms with Crippen LogP contribution < -0.4 is 5.32 Å². The molecule has 0 unspecified atom stereocenters. The van der Waals surface area contributed by atoms with Crippen molar-refractivity contribution < 1.29 is 9.59 Å². The minimum Gasteiger partial charge on any atom is -0.356 e. The van der Waals surface area contributed by atoms with Crippen molar-refractivity contribution >= 4 is 11.8 Å². The molecule has 0 radical (unpaired) electrons. The highest BCUT2D eigenvalue weighted by atomic mass is 16.2. The standard InChI is InChI=1S/C26H46N4O2/c1-2-3-4-5-6-7-8-9-10-11-12-13-14-15-22-29-25(31)18-19-26(32)30(23-16-20-27)24-17-21-28/h2-19,22-24H2,1H3,(H,29,31). The number of rotatable bonds is 22. The summed E-state index contributed by atoms with van der Waals surface area (Å²) in [5, 5.41) is 20.3. The fourth-order valence-electron chi connectivity index (χ4n) is 3.75. The minimum absolute atomic E-state index is 0.103. The summed E-state index contributed by atoms with van der Waals surface area (Å²) in [6, 6.07) is 4.02. The number of hydrogen-bond acceptors (Lipinski definition) is 4. The van der Waals surface area contributed by atoms with Gasteiger partial charge in [0.2, 0.25) is 11.8 Å². The van der Waals surface area contributed by atoms with Gasteiger partial charge in [0, 0.05) is 32.5 Å². The molecule has 0 atom stereocenters. The summed E-state index contributed by atoms with van der Waals surface area (Å²) in [4.78, 5) is 25.7. The molecule has 0 aromatic rings. The van der Waals surface area contributed by atoms with Gasteiger partial charge in [0.05, 0.1) is 25.0 Å². The Morgan fingerprint density at radius 2 is 1.12 bits per heavy atom. The molecule has 0 spiro atoms. The number of hydrogen-bond donors (Lipinski definition) is 1. The first kappa shape index (κ1) is 29.9. The molecule has 2 amide bonds. The van der Waals surface area contributed by atoms with Gasteiger partial charge in [0.25, 0.3) is 0 Å². The van der Waals surface area contributed by atoms with E-state index in [4.69, 9.17) is 10.5 Å². The average molecular weight is 447 g/mol. The van der Waals surface area contributed by atoms with Gasteiger partial charge in [0.15, 0.2) is 0 Å². The minimum atomic E-state index is -0.165. The number of carbonyl (C=O) groups is 2. The van der Waals surface area contributed by atoms with E-state index in [1.165, 1.54) is 81.9 Å². The van der Waals surface area contributed by atoms with Crippen molar-refractivity contribution in [2.75, 3.05) is 19.6 Å². The van der Waals surface area contributed by atoms with Crippen LogP contribution in [0.3, 0.4) is 0 Å². The Labute approximate surface area is 196 Å². The van der Waals surface area contributed by atoms with E-state index in [1.54, 1.807) is 0 Å². The Bertz CT molecular complexity index is 533. The molecule has 0 fully saturated rings. The van der Waals surface area contributed by atoms with E-state index < -0.39 is 0 Å². The summed E-state index contributed by atoms with van der Waals surface area (Å²) in [6.45, 7) is 3.56. The fourth-order valence-corrected chi connectivity index (χ4v) is 3.75. The predicted octanol–water partition coefficient (Wildman–Crippen LogP) is 6.02. The lowest BCUT2D eigenvalue weighted by molar-refractivity contribution is -0.133. The molecule has 1 N–H and O–H groups in total. The van der Waals surface area contributed by atoms with Crippen molar-refractivity contribution in [1.29, 1.82) is 10.5 Å². The fraction of sp³-hybridized carbons (Fsp3) is 0.846. The summed E-state index contributed by atoms with van der Waals surface area (Å²) < 4.78 is 0. The number of carbonyl (C=O) groups excluding carboxylic acids is 2. The first-order valence-electron chi connectivity index (χ1n) is 12.9. The van der Waals surface area contributed by atoms with Crippen LogP contribution in [0.2, 0.25) is 0 Å². The van der Waals surface area contributed by atoms with Gasteiger partial charge in [-0.1, -0.05) is 90.4 Å². The first-order chi connectivity index (χ1) is 15.7. The molecule has 0 aliphatic heterocycles. The maximum absolute atomic E-state index is 12.2. The first-order valence-corrected chi connectivity index (χ1v) is 12.9. The number of nitrogens with zero attached hydrogens (tertiary/aromatic N) is 3. The van der Waals surface area contributed by atoms with Gasteiger partial charge >= 0.3 is 0 Å². The van der Waals surface area contributed by atoms with Crippen molar-refractivity contribution in [3.63, 3.8) is 0 Å². The average Bonchev–Trinajstić information content (AvgIpc) is 2.80. The largest absolute Gasteiger partial charge is 0.356 e. The van der Waals surface area contributed by atoms with Crippen LogP contribution in [0, 0.1) is 22.7 Å². The summed E-state index contributed by atoms with van der Waals surface area (Å²) in [5.74, 6) is -0.268. The number of nitriles is 2. The molecular formula is C26H46N4O2. The molecule has 0 heterocycles. The van der Waals surface area contributed by atoms with Gasteiger partial charge in [-0.3, -0.25) is 9.59 Å². The second-order valence-corrected chi connectivity index (χ2v) is 8.64. The zero-order valence-electron chi connectivity index (χ0n) is 20.5. The third-order valence-electron chi connectivity index (χ3n) is 5.76. The molecule has 0 aliphatic carbocycles. The van der Waals surface area contributed by atoms with Crippen molar-refractivity contribution in [3.05, 3.63) is 0 Å². The van der Waals surface area contributed by atoms with E-state index in [9.17, 15) is 9.59 Å². The van der Waals surface area contributed by atoms with Gasteiger partial charge in [0.1, 0.15) is 0 Å². The van der Waals surface area contributed by atoms with Crippen molar-refractivity contribution in [1.82, 2.24) is 10.2 Å². The normalized spacial score (nSPS) is 10.3. The molecule has 6 heteroatoms. The van der Waals surface area contributed by atoms with Gasteiger partial charge in [-0.25, -0.2) is 0 Å². The zero-order valence-corrected chi connectivity index (χ0v) is 20.5. The maximum Gasteiger partial charge on any atom is 0.223 e. The van der Waals surface area contributed by atoms with Crippen molar-refractivity contribution in [2.45, 2.75) is 122 Å². The van der Waals surface area contributed by atoms with E-state index in [0.29, 0.717) is 19.6 Å². The molecular weight excluding hydrogens is 400 g/mol. The quantitative estimate of drug-likeness (QED) is 0.206. The van der Waals surface area contributed by atoms with Gasteiger partial charge in [-0.05, 0) is 6.42 Å². The summed E-state index contributed by atoms with van der Waals surface area (Å²) in [7, 11) is 0. The Kier molecular flexibility index (Phi) is 22.0. The van der Waals surface area contributed by atoms with Gasteiger partial charge in [-0.2, -0.15) is 10.5 Å². The SMILES string of the molecule is CCCCCCCCCCCCCCCCNC(=O)CCC(=O)N(CCC#N)CCC#N. The van der Waals surface area contributed by atoms with Crippen LogP contribution in [0.5, 0.6) is 0 Å². The zero-order chi connectivity index (χ0) is 23.7. The molecule has 182 valence electrons. The lowest BCUT2D eigenvalue weighted by atomic mass is 10.0. The second kappa shape index (κ2) is 23.6. The van der Waals surface area contributed by atoms with Crippen LogP contribution in [0.1, 0.15) is 122 Å². The molecule has 32 heavy (non-hydrogen) atoms. The molecule has 0 bridgehead atoms. The van der Waals surface area contributed by atoms with E-state index in [2.05, 4.69) is 12.2 Å². The monoisotopic (exact) mass is 446 g/mol. The lowest BCUT2D eigenvalue weighted by Crippen LogP contribution is -2.34. The Morgan fingerprint density at radius 1 is 0.688 bits per heavy atom. The molecule has 0 rings (SSSR count). The molecule has 0 saturated heterocycles. The highest BCUT2D eigenvalue weighted by Crippen LogP contribution is 2.12. The van der Waals surface area contributed by atoms with Crippen LogP contribution in [-0.4, -0.2) is 36.3 Å². The number of nitrogens with one attached hydrogen (secondary N) is 1. The van der Waals surface area contributed by atoms with Crippen LogP contribution in [0.15, 0.2) is 0 Å². The van der Waals surface area contributed by atoms with Crippen LogP contribution in [0.4, 0.5) is 0 Å². The smallest absolute Gasteiger partial charge is 0.223 e. The van der Waals surface area contributed by atoms with E-state index >= 15 is 0 Å². The molecule has 0 aromatic carbocycles. The third kappa shape index (κ3) is 19.9. The molecule has 0 saturated carbocycles. The Morgan fingerprint density at radius 3 is 1.56 bits per heavy atom. The maximum atomic E-state index is 12.2. The van der Waals surface area contributed by atoms with Gasteiger partial charge in [-0.15, -0.1) is 0 Å². The Balaban J connectivity index is 3.55. The van der Waals surface area contributed by atoms with E-state index in [1.807, 2.05) is 12.1 Å². The number of amides is 2. The van der Waals surface area contributed by atoms with Crippen LogP contribution >= 0.6 is 0 Å². The Hall–Kier alpha value is -2.08. The van der Waals surface area contributed by atoms with Crippen molar-refractivity contribution in [3.8, 4) is 12.1 Å². The molecule has 0 aromatic heterocycles. The lowest BCUT2D eigenvalue weighted by Gasteiger charge is -2.20. The predicted molar refractivity (Wildman–Crippen MR) is 130 cm³/mol. The molecule has 0 aliphatic rings. The molecule has 6 nitrogen and oxygen atoms in total. The summed E-state index contributed by atoms with van der Waals surface area (Å²) in [5.41, 5.74) is 0. The highest BCUT2D eigenvalue weighted by Gasteiger charge is 2.14. The van der Waals surface area contributed by atoms with Gasteiger partial charge < -0.3 is 10.2 Å². The summed E-state index contributed by atoms with van der Waals surface area (Å²) >= 11 is 0. The second-order valence-electron chi connectivity index (χ2n) is 8.64. The number of unbranched alkanes of at least 4 members (excludes halogenated alkanes) is 13. The van der Waals surface area contributed by atoms with Crippen molar-refractivity contribution in [2.24, 2.45) is 0 Å². The topological polar surface area (TPSA) is 97.0 Å². The van der Waals surface area contributed by atoms with Crippen LogP contribution in [0.25, 0.3) is 0 Å². The van der Waals surface area contributed by atoms with Crippen LogP contribution in [-0.2, 0) is 9.59 Å². The summed E-state index contributed by atoms with van der Waals surface area (Å²) in [6.07, 6.45) is 19.1.